The molecule has 1 aromatic heterocycles. The lowest BCUT2D eigenvalue weighted by Crippen LogP contribution is -2.25. The van der Waals surface area contributed by atoms with Gasteiger partial charge in [0.15, 0.2) is 0 Å². The van der Waals surface area contributed by atoms with Crippen LogP contribution in [0.15, 0.2) is 59.8 Å². The molecule has 0 saturated carbocycles. The highest BCUT2D eigenvalue weighted by Gasteiger charge is 2.24. The maximum Gasteiger partial charge on any atom is 0.270 e. The first-order valence-electron chi connectivity index (χ1n) is 8.34. The number of nitrogens with zero attached hydrogens (tertiary/aromatic N) is 3. The second-order valence-corrected chi connectivity index (χ2v) is 7.60. The van der Waals surface area contributed by atoms with Crippen molar-refractivity contribution in [2.45, 2.75) is 11.4 Å². The highest BCUT2D eigenvalue weighted by Crippen LogP contribution is 2.27. The summed E-state index contributed by atoms with van der Waals surface area (Å²) in [6.07, 6.45) is 3.03. The fraction of sp³-hybridized carbons (Fsp3) is 0.167. The van der Waals surface area contributed by atoms with Gasteiger partial charge in [-0.2, -0.15) is 5.10 Å². The lowest BCUT2D eigenvalue weighted by Gasteiger charge is -2.14. The molecule has 0 aliphatic carbocycles. The van der Waals surface area contributed by atoms with Gasteiger partial charge in [0.2, 0.25) is 10.0 Å². The monoisotopic (exact) mass is 418 g/mol. The molecule has 11 heteroatoms. The van der Waals surface area contributed by atoms with Crippen LogP contribution in [0.4, 0.5) is 5.69 Å². The largest absolute Gasteiger partial charge is 0.497 e. The number of aromatic nitrogens is 2. The molecule has 0 fully saturated rings. The molecule has 29 heavy (non-hydrogen) atoms. The van der Waals surface area contributed by atoms with E-state index in [0.29, 0.717) is 17.1 Å². The summed E-state index contributed by atoms with van der Waals surface area (Å²) in [5.41, 5.74) is 0.418. The summed E-state index contributed by atoms with van der Waals surface area (Å²) >= 11 is 0. The lowest BCUT2D eigenvalue weighted by molar-refractivity contribution is -0.385. The molecule has 0 amide bonds. The zero-order valence-corrected chi connectivity index (χ0v) is 16.4. The van der Waals surface area contributed by atoms with E-state index < -0.39 is 14.9 Å². The van der Waals surface area contributed by atoms with Crippen LogP contribution >= 0.6 is 0 Å². The Morgan fingerprint density at radius 2 is 1.97 bits per heavy atom. The van der Waals surface area contributed by atoms with Gasteiger partial charge in [-0.25, -0.2) is 17.8 Å². The van der Waals surface area contributed by atoms with E-state index >= 15 is 0 Å². The fourth-order valence-corrected chi connectivity index (χ4v) is 3.89. The number of nitro benzene ring substituents is 1. The van der Waals surface area contributed by atoms with Crippen LogP contribution in [0, 0.1) is 10.1 Å². The quantitative estimate of drug-likeness (QED) is 0.439. The number of methoxy groups -OCH3 is 2. The Kier molecular flexibility index (Phi) is 5.80. The Labute approximate surface area is 166 Å². The van der Waals surface area contributed by atoms with Crippen molar-refractivity contribution in [3.05, 3.63) is 70.5 Å². The van der Waals surface area contributed by atoms with Crippen LogP contribution in [0.3, 0.4) is 0 Å². The van der Waals surface area contributed by atoms with E-state index in [1.807, 2.05) is 0 Å². The Morgan fingerprint density at radius 1 is 1.17 bits per heavy atom. The van der Waals surface area contributed by atoms with Gasteiger partial charge < -0.3 is 9.47 Å². The number of non-ortho nitro benzene ring substituents is 1. The van der Waals surface area contributed by atoms with Gasteiger partial charge in [0.05, 0.1) is 24.8 Å². The van der Waals surface area contributed by atoms with Crippen LogP contribution in [0.25, 0.3) is 5.69 Å². The Balaban J connectivity index is 1.97. The maximum absolute atomic E-state index is 13.0. The predicted octanol–water partition coefficient (Wildman–Crippen LogP) is 2.28. The van der Waals surface area contributed by atoms with Crippen molar-refractivity contribution in [1.29, 1.82) is 0 Å². The number of hydrogen-bond donors (Lipinski definition) is 1. The molecule has 0 spiro atoms. The molecule has 0 aliphatic heterocycles. The number of nitrogens with one attached hydrogen (secondary N) is 1. The standard InChI is InChI=1S/C18H18N4O6S/c1-27-15-6-4-13(17(11-15)28-2)12-20-29(25,26)18-10-14(22(23)24)5-7-16(18)21-9-3-8-19-21/h3-11,20H,12H2,1-2H3. The SMILES string of the molecule is COc1ccc(CNS(=O)(=O)c2cc([N+](=O)[O-])ccc2-n2cccn2)c(OC)c1. The molecule has 0 saturated heterocycles. The second-order valence-electron chi connectivity index (χ2n) is 5.86. The van der Waals surface area contributed by atoms with Gasteiger partial charge in [-0.1, -0.05) is 6.07 Å². The number of rotatable bonds is 8. The summed E-state index contributed by atoms with van der Waals surface area (Å²) in [6.45, 7) is -0.0866. The van der Waals surface area contributed by atoms with Gasteiger partial charge in [0, 0.05) is 42.7 Å². The molecule has 0 aliphatic rings. The van der Waals surface area contributed by atoms with Crippen molar-refractivity contribution >= 4 is 15.7 Å². The van der Waals surface area contributed by atoms with Gasteiger partial charge in [0.1, 0.15) is 16.4 Å². The topological polar surface area (TPSA) is 126 Å². The van der Waals surface area contributed by atoms with E-state index in [1.54, 1.807) is 30.5 Å². The van der Waals surface area contributed by atoms with E-state index in [1.165, 1.54) is 37.2 Å². The molecule has 0 bridgehead atoms. The summed E-state index contributed by atoms with van der Waals surface area (Å²) in [5, 5.41) is 15.2. The van der Waals surface area contributed by atoms with Crippen molar-refractivity contribution < 1.29 is 22.8 Å². The first kappa shape index (κ1) is 20.3. The molecular formula is C18H18N4O6S. The third kappa shape index (κ3) is 4.36. The van der Waals surface area contributed by atoms with Gasteiger partial charge in [0.25, 0.3) is 5.69 Å². The van der Waals surface area contributed by atoms with Crippen molar-refractivity contribution in [3.63, 3.8) is 0 Å². The zero-order chi connectivity index (χ0) is 21.0. The average molecular weight is 418 g/mol. The number of sulfonamides is 1. The third-order valence-corrected chi connectivity index (χ3v) is 5.57. The van der Waals surface area contributed by atoms with E-state index in [0.717, 1.165) is 6.07 Å². The number of ether oxygens (including phenoxy) is 2. The van der Waals surface area contributed by atoms with Crippen LogP contribution in [-0.4, -0.2) is 37.3 Å². The van der Waals surface area contributed by atoms with E-state index in [4.69, 9.17) is 9.47 Å². The van der Waals surface area contributed by atoms with Gasteiger partial charge in [-0.05, 0) is 18.2 Å². The molecule has 3 rings (SSSR count). The highest BCUT2D eigenvalue weighted by molar-refractivity contribution is 7.89. The molecule has 2 aromatic carbocycles. The van der Waals surface area contributed by atoms with Crippen LogP contribution in [0.5, 0.6) is 11.5 Å². The molecule has 0 radical (unpaired) electrons. The van der Waals surface area contributed by atoms with Crippen molar-refractivity contribution in [2.75, 3.05) is 14.2 Å². The highest BCUT2D eigenvalue weighted by atomic mass is 32.2. The number of nitro groups is 1. The molecule has 152 valence electrons. The Bertz CT molecular complexity index is 1130. The minimum atomic E-state index is -4.11. The molecule has 0 unspecified atom stereocenters. The van der Waals surface area contributed by atoms with E-state index in [2.05, 4.69) is 9.82 Å². The van der Waals surface area contributed by atoms with Crippen molar-refractivity contribution in [1.82, 2.24) is 14.5 Å². The molecule has 0 atom stereocenters. The van der Waals surface area contributed by atoms with Crippen LogP contribution in [-0.2, 0) is 16.6 Å². The molecular weight excluding hydrogens is 400 g/mol. The molecule has 1 heterocycles. The van der Waals surface area contributed by atoms with Crippen molar-refractivity contribution in [2.24, 2.45) is 0 Å². The fourth-order valence-electron chi connectivity index (χ4n) is 2.68. The minimum Gasteiger partial charge on any atom is -0.497 e. The van der Waals surface area contributed by atoms with Crippen LogP contribution in [0.2, 0.25) is 0 Å². The third-order valence-electron chi connectivity index (χ3n) is 4.14. The lowest BCUT2D eigenvalue weighted by atomic mass is 10.2. The van der Waals surface area contributed by atoms with Gasteiger partial charge >= 0.3 is 0 Å². The van der Waals surface area contributed by atoms with Crippen LogP contribution < -0.4 is 14.2 Å². The van der Waals surface area contributed by atoms with E-state index in [-0.39, 0.29) is 22.8 Å². The summed E-state index contributed by atoms with van der Waals surface area (Å²) in [4.78, 5) is 10.2. The maximum atomic E-state index is 13.0. The zero-order valence-electron chi connectivity index (χ0n) is 15.6. The molecule has 1 N–H and O–H groups in total. The predicted molar refractivity (Wildman–Crippen MR) is 104 cm³/mol. The normalized spacial score (nSPS) is 11.2. The van der Waals surface area contributed by atoms with Gasteiger partial charge in [-0.15, -0.1) is 0 Å². The smallest absolute Gasteiger partial charge is 0.270 e. The summed E-state index contributed by atoms with van der Waals surface area (Å²) in [7, 11) is -1.14. The Morgan fingerprint density at radius 3 is 2.59 bits per heavy atom. The average Bonchev–Trinajstić information content (AvgIpc) is 3.26. The Hall–Kier alpha value is -3.44. The first-order chi connectivity index (χ1) is 13.9. The summed E-state index contributed by atoms with van der Waals surface area (Å²) < 4.78 is 40.1. The molecule has 3 aromatic rings. The number of benzene rings is 2. The summed E-state index contributed by atoms with van der Waals surface area (Å²) in [6, 6.07) is 10.2. The number of hydrogen-bond acceptors (Lipinski definition) is 7. The minimum absolute atomic E-state index is 0.0866. The molecule has 10 nitrogen and oxygen atoms in total. The first-order valence-corrected chi connectivity index (χ1v) is 9.83. The van der Waals surface area contributed by atoms with Gasteiger partial charge in [-0.3, -0.25) is 10.1 Å². The van der Waals surface area contributed by atoms with E-state index in [9.17, 15) is 18.5 Å². The van der Waals surface area contributed by atoms with Crippen LogP contribution in [0.1, 0.15) is 5.56 Å². The van der Waals surface area contributed by atoms with Crippen molar-refractivity contribution in [3.8, 4) is 17.2 Å². The summed E-state index contributed by atoms with van der Waals surface area (Å²) in [5.74, 6) is 1.01. The second kappa shape index (κ2) is 8.29.